The van der Waals surface area contributed by atoms with Crippen LogP contribution in [0.5, 0.6) is 17.2 Å². The molecule has 0 unspecified atom stereocenters. The highest BCUT2D eigenvalue weighted by molar-refractivity contribution is 5.91. The van der Waals surface area contributed by atoms with E-state index < -0.39 is 74.5 Å². The van der Waals surface area contributed by atoms with Crippen LogP contribution in [0.25, 0.3) is 0 Å². The van der Waals surface area contributed by atoms with Crippen molar-refractivity contribution in [1.82, 2.24) is 0 Å². The largest absolute Gasteiger partial charge is 0.493 e. The molecular formula is C21H30O14. The molecule has 198 valence electrons. The molecule has 0 aromatic heterocycles. The lowest BCUT2D eigenvalue weighted by atomic mass is 9.98. The summed E-state index contributed by atoms with van der Waals surface area (Å²) in [5.41, 5.74) is -1.93. The minimum atomic E-state index is -2.01. The normalized spacial score (nSPS) is 34.9. The topological polar surface area (TPSA) is 203 Å². The highest BCUT2D eigenvalue weighted by Crippen LogP contribution is 2.41. The molecular weight excluding hydrogens is 476 g/mol. The van der Waals surface area contributed by atoms with E-state index in [0.717, 1.165) is 0 Å². The summed E-state index contributed by atoms with van der Waals surface area (Å²) >= 11 is 0. The van der Waals surface area contributed by atoms with Crippen LogP contribution < -0.4 is 14.2 Å². The molecule has 2 fully saturated rings. The number of aliphatic hydroxyl groups excluding tert-OH is 5. The molecule has 0 saturated carbocycles. The monoisotopic (exact) mass is 506 g/mol. The number of esters is 1. The Bertz CT molecular complexity index is 855. The van der Waals surface area contributed by atoms with Gasteiger partial charge in [-0.15, -0.1) is 0 Å². The first-order chi connectivity index (χ1) is 16.6. The predicted octanol–water partition coefficient (Wildman–Crippen LogP) is -2.87. The summed E-state index contributed by atoms with van der Waals surface area (Å²) in [6.45, 7) is -1.98. The molecule has 8 atom stereocenters. The molecule has 2 aliphatic rings. The highest BCUT2D eigenvalue weighted by Gasteiger charge is 2.53. The first-order valence-electron chi connectivity index (χ1n) is 10.6. The molecule has 1 aromatic carbocycles. The SMILES string of the molecule is COC(=O)c1cc(OC)c(O[C@@H]2O[C@H](CO)[C@@H](O)[C@H](O)[C@H]2O[C@@H]2OC[C@](O)(CO)[C@H]2O)c(OC)c1. The van der Waals surface area contributed by atoms with Crippen LogP contribution in [0.2, 0.25) is 0 Å². The fraction of sp³-hybridized carbons (Fsp3) is 0.667. The molecule has 6 N–H and O–H groups in total. The predicted molar refractivity (Wildman–Crippen MR) is 112 cm³/mol. The molecule has 2 saturated heterocycles. The van der Waals surface area contributed by atoms with Crippen LogP contribution in [0, 0.1) is 0 Å². The van der Waals surface area contributed by atoms with Gasteiger partial charge < -0.3 is 63.8 Å². The van der Waals surface area contributed by atoms with Crippen molar-refractivity contribution in [2.75, 3.05) is 41.2 Å². The fourth-order valence-corrected chi connectivity index (χ4v) is 3.71. The number of aliphatic hydroxyl groups is 6. The van der Waals surface area contributed by atoms with Crippen LogP contribution in [0.1, 0.15) is 10.4 Å². The van der Waals surface area contributed by atoms with Gasteiger partial charge in [-0.3, -0.25) is 0 Å². The van der Waals surface area contributed by atoms with Gasteiger partial charge in [0.15, 0.2) is 23.9 Å². The lowest BCUT2D eigenvalue weighted by Gasteiger charge is -2.42. The van der Waals surface area contributed by atoms with Crippen molar-refractivity contribution in [2.45, 2.75) is 48.7 Å². The van der Waals surface area contributed by atoms with Gasteiger partial charge in [0.2, 0.25) is 12.0 Å². The minimum absolute atomic E-state index is 0.0140. The standard InChI is InChI=1S/C21H30O14/c1-29-10-4-9(18(27)31-3)5-11(30-2)15(10)34-19-16(14(25)13(24)12(6-22)33-19)35-20-17(26)21(28,7-23)8-32-20/h4-5,12-14,16-17,19-20,22-26,28H,6-8H2,1-3H3/t12-,13-,14+,16-,17+,19+,20+,21-/m1/s1. The summed E-state index contributed by atoms with van der Waals surface area (Å²) in [5, 5.41) is 60.5. The zero-order valence-corrected chi connectivity index (χ0v) is 19.3. The molecule has 0 spiro atoms. The number of carbonyl (C=O) groups excluding carboxylic acids is 1. The summed E-state index contributed by atoms with van der Waals surface area (Å²) in [6, 6.07) is 2.62. The van der Waals surface area contributed by atoms with Gasteiger partial charge >= 0.3 is 5.97 Å². The fourth-order valence-electron chi connectivity index (χ4n) is 3.71. The van der Waals surface area contributed by atoms with E-state index >= 15 is 0 Å². The van der Waals surface area contributed by atoms with Gasteiger partial charge in [0.1, 0.15) is 30.0 Å². The lowest BCUT2D eigenvalue weighted by molar-refractivity contribution is -0.319. The average molecular weight is 506 g/mol. The third-order valence-electron chi connectivity index (χ3n) is 5.81. The van der Waals surface area contributed by atoms with Gasteiger partial charge in [0, 0.05) is 0 Å². The number of carbonyl (C=O) groups is 1. The van der Waals surface area contributed by atoms with Gasteiger partial charge in [-0.25, -0.2) is 4.79 Å². The molecule has 14 nitrogen and oxygen atoms in total. The zero-order valence-electron chi connectivity index (χ0n) is 19.3. The third-order valence-corrected chi connectivity index (χ3v) is 5.81. The quantitative estimate of drug-likeness (QED) is 0.187. The molecule has 0 radical (unpaired) electrons. The van der Waals surface area contributed by atoms with Crippen LogP contribution >= 0.6 is 0 Å². The Labute approximate surface area is 200 Å². The number of benzene rings is 1. The maximum absolute atomic E-state index is 12.0. The average Bonchev–Trinajstić information content (AvgIpc) is 3.16. The van der Waals surface area contributed by atoms with E-state index in [1.165, 1.54) is 33.5 Å². The van der Waals surface area contributed by atoms with Gasteiger partial charge in [-0.1, -0.05) is 0 Å². The highest BCUT2D eigenvalue weighted by atomic mass is 16.8. The summed E-state index contributed by atoms with van der Waals surface area (Å²) < 4.78 is 37.6. The van der Waals surface area contributed by atoms with Crippen LogP contribution in [0.3, 0.4) is 0 Å². The number of hydrogen-bond donors (Lipinski definition) is 6. The van der Waals surface area contributed by atoms with E-state index in [-0.39, 0.29) is 22.8 Å². The number of methoxy groups -OCH3 is 3. The number of rotatable bonds is 9. The van der Waals surface area contributed by atoms with E-state index in [1.807, 2.05) is 0 Å². The molecule has 35 heavy (non-hydrogen) atoms. The Hall–Kier alpha value is -2.27. The zero-order chi connectivity index (χ0) is 25.9. The summed E-state index contributed by atoms with van der Waals surface area (Å²) in [7, 11) is 3.79. The Morgan fingerprint density at radius 2 is 1.69 bits per heavy atom. The second-order valence-electron chi connectivity index (χ2n) is 8.01. The molecule has 1 aromatic rings. The molecule has 0 aliphatic carbocycles. The molecule has 0 bridgehead atoms. The van der Waals surface area contributed by atoms with E-state index in [0.29, 0.717) is 0 Å². The smallest absolute Gasteiger partial charge is 0.338 e. The van der Waals surface area contributed by atoms with Gasteiger partial charge in [0.05, 0.1) is 46.7 Å². The van der Waals surface area contributed by atoms with Crippen molar-refractivity contribution in [3.8, 4) is 17.2 Å². The molecule has 14 heteroatoms. The summed E-state index contributed by atoms with van der Waals surface area (Å²) in [4.78, 5) is 12.0. The second kappa shape index (κ2) is 11.2. The summed E-state index contributed by atoms with van der Waals surface area (Å²) in [6.07, 6.45) is -11.0. The Morgan fingerprint density at radius 1 is 1.06 bits per heavy atom. The van der Waals surface area contributed by atoms with Crippen molar-refractivity contribution >= 4 is 5.97 Å². The van der Waals surface area contributed by atoms with Crippen LogP contribution in [0.4, 0.5) is 0 Å². The van der Waals surface area contributed by atoms with Crippen molar-refractivity contribution < 1.29 is 68.6 Å². The first kappa shape index (κ1) is 27.3. The molecule has 0 amide bonds. The first-order valence-corrected chi connectivity index (χ1v) is 10.6. The Balaban J connectivity index is 1.95. The number of hydrogen-bond acceptors (Lipinski definition) is 14. The summed E-state index contributed by atoms with van der Waals surface area (Å²) in [5.74, 6) is -0.729. The van der Waals surface area contributed by atoms with E-state index in [9.17, 15) is 35.4 Å². The van der Waals surface area contributed by atoms with Gasteiger partial charge in [-0.05, 0) is 12.1 Å². The van der Waals surface area contributed by atoms with E-state index in [2.05, 4.69) is 0 Å². The van der Waals surface area contributed by atoms with Crippen molar-refractivity contribution in [3.63, 3.8) is 0 Å². The molecule has 3 rings (SSSR count). The third kappa shape index (κ3) is 5.30. The Kier molecular flexibility index (Phi) is 8.74. The molecule has 2 heterocycles. The minimum Gasteiger partial charge on any atom is -0.493 e. The van der Waals surface area contributed by atoms with Gasteiger partial charge in [-0.2, -0.15) is 0 Å². The van der Waals surface area contributed by atoms with Gasteiger partial charge in [0.25, 0.3) is 0 Å². The van der Waals surface area contributed by atoms with Crippen LogP contribution in [-0.2, 0) is 18.9 Å². The Morgan fingerprint density at radius 3 is 2.17 bits per heavy atom. The van der Waals surface area contributed by atoms with Crippen molar-refractivity contribution in [3.05, 3.63) is 17.7 Å². The van der Waals surface area contributed by atoms with Crippen molar-refractivity contribution in [2.24, 2.45) is 0 Å². The van der Waals surface area contributed by atoms with Crippen LogP contribution in [-0.4, -0.2) is 126 Å². The van der Waals surface area contributed by atoms with Crippen molar-refractivity contribution in [1.29, 1.82) is 0 Å². The van der Waals surface area contributed by atoms with E-state index in [4.69, 9.17) is 33.2 Å². The lowest BCUT2D eigenvalue weighted by Crippen LogP contribution is -2.62. The maximum Gasteiger partial charge on any atom is 0.338 e. The second-order valence-corrected chi connectivity index (χ2v) is 8.01. The number of ether oxygens (including phenoxy) is 7. The maximum atomic E-state index is 12.0. The van der Waals surface area contributed by atoms with E-state index in [1.54, 1.807) is 0 Å². The van der Waals surface area contributed by atoms with Crippen LogP contribution in [0.15, 0.2) is 12.1 Å². The molecule has 2 aliphatic heterocycles.